The van der Waals surface area contributed by atoms with Gasteiger partial charge in [0.15, 0.2) is 0 Å². The lowest BCUT2D eigenvalue weighted by atomic mass is 10.3. The van der Waals surface area contributed by atoms with Crippen LogP contribution >= 0.6 is 0 Å². The van der Waals surface area contributed by atoms with Gasteiger partial charge in [0.25, 0.3) is 11.9 Å². The number of carbonyl (C=O) groups is 1. The molecule has 0 bridgehead atoms. The van der Waals surface area contributed by atoms with Gasteiger partial charge >= 0.3 is 0 Å². The highest BCUT2D eigenvalue weighted by atomic mass is 16.2. The molecule has 1 saturated heterocycles. The quantitative estimate of drug-likeness (QED) is 0.607. The van der Waals surface area contributed by atoms with Crippen molar-refractivity contribution in [1.29, 1.82) is 0 Å². The standard InChI is InChI=1S/C13H16N8O/c22-12(16-15-9-11-3-5-14-6-4-11)10-21-18-13(17-19-21)20-7-1-2-8-20/h3-6,9H,1-2,7-8,10H2,(H,16,22)/b15-9-. The number of tetrazole rings is 1. The predicted molar refractivity (Wildman–Crippen MR) is 79.2 cm³/mol. The van der Waals surface area contributed by atoms with Crippen molar-refractivity contribution in [2.75, 3.05) is 18.0 Å². The smallest absolute Gasteiger partial charge is 0.266 e. The summed E-state index contributed by atoms with van der Waals surface area (Å²) in [6.45, 7) is 1.86. The van der Waals surface area contributed by atoms with Gasteiger partial charge in [0, 0.05) is 25.5 Å². The second-order valence-corrected chi connectivity index (χ2v) is 4.89. The van der Waals surface area contributed by atoms with Crippen molar-refractivity contribution in [3.8, 4) is 0 Å². The summed E-state index contributed by atoms with van der Waals surface area (Å²) in [5.74, 6) is 0.265. The van der Waals surface area contributed by atoms with Crippen LogP contribution in [0.2, 0.25) is 0 Å². The SMILES string of the molecule is O=C(Cn1nnc(N2CCCC2)n1)N/N=C\c1ccncc1. The normalized spacial score (nSPS) is 14.6. The first-order valence-electron chi connectivity index (χ1n) is 7.06. The van der Waals surface area contributed by atoms with E-state index in [1.165, 1.54) is 4.80 Å². The van der Waals surface area contributed by atoms with E-state index < -0.39 is 0 Å². The number of nitrogens with zero attached hydrogens (tertiary/aromatic N) is 7. The number of aromatic nitrogens is 5. The van der Waals surface area contributed by atoms with Gasteiger partial charge in [0.05, 0.1) is 6.21 Å². The molecule has 1 aliphatic heterocycles. The van der Waals surface area contributed by atoms with E-state index in [0.29, 0.717) is 5.95 Å². The third-order valence-corrected chi connectivity index (χ3v) is 3.23. The summed E-state index contributed by atoms with van der Waals surface area (Å²) in [6, 6.07) is 3.58. The van der Waals surface area contributed by atoms with Gasteiger partial charge in [-0.15, -0.1) is 5.10 Å². The molecule has 1 N–H and O–H groups in total. The molecule has 0 unspecified atom stereocenters. The van der Waals surface area contributed by atoms with Gasteiger partial charge in [-0.05, 0) is 35.8 Å². The minimum absolute atomic E-state index is 0.0193. The lowest BCUT2D eigenvalue weighted by Crippen LogP contribution is -2.25. The fourth-order valence-electron chi connectivity index (χ4n) is 2.14. The molecule has 0 aromatic carbocycles. The highest BCUT2D eigenvalue weighted by Crippen LogP contribution is 2.13. The van der Waals surface area contributed by atoms with Crippen LogP contribution < -0.4 is 10.3 Å². The molecule has 9 heteroatoms. The number of anilines is 1. The molecular weight excluding hydrogens is 284 g/mol. The molecule has 0 aliphatic carbocycles. The van der Waals surface area contributed by atoms with E-state index in [1.807, 2.05) is 0 Å². The Morgan fingerprint density at radius 2 is 2.09 bits per heavy atom. The van der Waals surface area contributed by atoms with Gasteiger partial charge in [0.2, 0.25) is 0 Å². The molecule has 3 heterocycles. The summed E-state index contributed by atoms with van der Waals surface area (Å²) in [6.07, 6.45) is 7.13. The van der Waals surface area contributed by atoms with Crippen LogP contribution in [0.5, 0.6) is 0 Å². The zero-order chi connectivity index (χ0) is 15.2. The summed E-state index contributed by atoms with van der Waals surface area (Å²) >= 11 is 0. The molecular formula is C13H16N8O. The topological polar surface area (TPSA) is 101 Å². The van der Waals surface area contributed by atoms with E-state index in [2.05, 4.69) is 35.8 Å². The summed E-state index contributed by atoms with van der Waals surface area (Å²) in [5.41, 5.74) is 3.28. The van der Waals surface area contributed by atoms with Gasteiger partial charge in [-0.1, -0.05) is 5.10 Å². The summed E-state index contributed by atoms with van der Waals surface area (Å²) in [5, 5.41) is 15.9. The van der Waals surface area contributed by atoms with E-state index in [-0.39, 0.29) is 12.5 Å². The highest BCUT2D eigenvalue weighted by Gasteiger charge is 2.17. The van der Waals surface area contributed by atoms with Crippen LogP contribution in [-0.4, -0.2) is 50.4 Å². The Kier molecular flexibility index (Phi) is 4.33. The maximum absolute atomic E-state index is 11.8. The molecule has 0 radical (unpaired) electrons. The number of hydrogen-bond acceptors (Lipinski definition) is 7. The number of hydrazone groups is 1. The van der Waals surface area contributed by atoms with Crippen LogP contribution in [0.15, 0.2) is 29.6 Å². The Morgan fingerprint density at radius 1 is 1.32 bits per heavy atom. The van der Waals surface area contributed by atoms with Crippen molar-refractivity contribution < 1.29 is 4.79 Å². The molecule has 1 aliphatic rings. The summed E-state index contributed by atoms with van der Waals surface area (Å²) < 4.78 is 0. The number of pyridine rings is 1. The van der Waals surface area contributed by atoms with Crippen molar-refractivity contribution in [1.82, 2.24) is 30.6 Å². The fourth-order valence-corrected chi connectivity index (χ4v) is 2.14. The second-order valence-electron chi connectivity index (χ2n) is 4.89. The number of rotatable bonds is 5. The molecule has 2 aromatic rings. The van der Waals surface area contributed by atoms with Crippen LogP contribution in [0.25, 0.3) is 0 Å². The van der Waals surface area contributed by atoms with Gasteiger partial charge in [0.1, 0.15) is 6.54 Å². The Labute approximate surface area is 127 Å². The first kappa shape index (κ1) is 14.1. The molecule has 1 fully saturated rings. The van der Waals surface area contributed by atoms with E-state index in [4.69, 9.17) is 0 Å². The van der Waals surface area contributed by atoms with E-state index in [1.54, 1.807) is 30.7 Å². The highest BCUT2D eigenvalue weighted by molar-refractivity contribution is 5.81. The fraction of sp³-hybridized carbons (Fsp3) is 0.385. The third-order valence-electron chi connectivity index (χ3n) is 3.23. The number of nitrogens with one attached hydrogen (secondary N) is 1. The minimum atomic E-state index is -0.310. The third kappa shape index (κ3) is 3.62. The molecule has 0 atom stereocenters. The molecule has 22 heavy (non-hydrogen) atoms. The van der Waals surface area contributed by atoms with Crippen LogP contribution in [0.1, 0.15) is 18.4 Å². The Balaban J connectivity index is 1.50. The van der Waals surface area contributed by atoms with Crippen LogP contribution in [0, 0.1) is 0 Å². The number of hydrogen-bond donors (Lipinski definition) is 1. The predicted octanol–water partition coefficient (Wildman–Crippen LogP) is -0.181. The van der Waals surface area contributed by atoms with Crippen molar-refractivity contribution in [3.05, 3.63) is 30.1 Å². The monoisotopic (exact) mass is 300 g/mol. The zero-order valence-corrected chi connectivity index (χ0v) is 12.0. The maximum atomic E-state index is 11.8. The summed E-state index contributed by atoms with van der Waals surface area (Å²) in [4.78, 5) is 19.0. The summed E-state index contributed by atoms with van der Waals surface area (Å²) in [7, 11) is 0. The molecule has 3 rings (SSSR count). The molecule has 114 valence electrons. The van der Waals surface area contributed by atoms with Gasteiger partial charge < -0.3 is 4.90 Å². The second kappa shape index (κ2) is 6.74. The average molecular weight is 300 g/mol. The van der Waals surface area contributed by atoms with Crippen LogP contribution in [0.4, 0.5) is 5.95 Å². The van der Waals surface area contributed by atoms with Crippen molar-refractivity contribution >= 4 is 18.1 Å². The Morgan fingerprint density at radius 3 is 2.86 bits per heavy atom. The molecule has 0 saturated carbocycles. The average Bonchev–Trinajstić information content (AvgIpc) is 3.19. The largest absolute Gasteiger partial charge is 0.338 e. The van der Waals surface area contributed by atoms with E-state index in [9.17, 15) is 4.79 Å². The lowest BCUT2D eigenvalue weighted by Gasteiger charge is -2.09. The number of amides is 1. The molecule has 9 nitrogen and oxygen atoms in total. The number of carbonyl (C=O) groups excluding carboxylic acids is 1. The zero-order valence-electron chi connectivity index (χ0n) is 12.0. The molecule has 1 amide bonds. The molecule has 0 spiro atoms. The first-order valence-corrected chi connectivity index (χ1v) is 7.06. The van der Waals surface area contributed by atoms with Gasteiger partial charge in [-0.25, -0.2) is 5.43 Å². The van der Waals surface area contributed by atoms with E-state index >= 15 is 0 Å². The van der Waals surface area contributed by atoms with Crippen molar-refractivity contribution in [3.63, 3.8) is 0 Å². The Bertz CT molecular complexity index is 647. The lowest BCUT2D eigenvalue weighted by molar-refractivity contribution is -0.122. The first-order chi connectivity index (χ1) is 10.8. The van der Waals surface area contributed by atoms with Gasteiger partial charge in [-0.2, -0.15) is 9.90 Å². The van der Waals surface area contributed by atoms with Gasteiger partial charge in [-0.3, -0.25) is 9.78 Å². The Hall–Kier alpha value is -2.84. The van der Waals surface area contributed by atoms with Crippen LogP contribution in [0.3, 0.4) is 0 Å². The van der Waals surface area contributed by atoms with Crippen LogP contribution in [-0.2, 0) is 11.3 Å². The minimum Gasteiger partial charge on any atom is -0.338 e. The van der Waals surface area contributed by atoms with Crippen molar-refractivity contribution in [2.45, 2.75) is 19.4 Å². The molecule has 2 aromatic heterocycles. The van der Waals surface area contributed by atoms with Crippen molar-refractivity contribution in [2.24, 2.45) is 5.10 Å². The maximum Gasteiger partial charge on any atom is 0.266 e. The van der Waals surface area contributed by atoms with E-state index in [0.717, 1.165) is 31.5 Å².